The predicted molar refractivity (Wildman–Crippen MR) is 432 cm³/mol. The molecule has 0 saturated heterocycles. The summed E-state index contributed by atoms with van der Waals surface area (Å²) < 4.78 is 68.8. The summed E-state index contributed by atoms with van der Waals surface area (Å²) in [5, 5.41) is 10.7. The van der Waals surface area contributed by atoms with Gasteiger partial charge in [-0.1, -0.05) is 375 Å². The van der Waals surface area contributed by atoms with Gasteiger partial charge in [0.1, 0.15) is 19.3 Å². The van der Waals surface area contributed by atoms with Gasteiger partial charge in [0.15, 0.2) is 12.2 Å². The average Bonchev–Trinajstić information content (AvgIpc) is 0.908. The van der Waals surface area contributed by atoms with Crippen molar-refractivity contribution in [2.45, 2.75) is 446 Å². The number of phosphoric acid groups is 2. The molecule has 620 valence electrons. The van der Waals surface area contributed by atoms with Crippen molar-refractivity contribution in [3.63, 3.8) is 0 Å². The summed E-state index contributed by atoms with van der Waals surface area (Å²) >= 11 is 0. The molecule has 0 bridgehead atoms. The molecule has 0 fully saturated rings. The number of phosphoric ester groups is 2. The zero-order valence-electron chi connectivity index (χ0n) is 68.7. The second kappa shape index (κ2) is 75.6. The lowest BCUT2D eigenvalue weighted by Gasteiger charge is -2.21. The van der Waals surface area contributed by atoms with Crippen LogP contribution in [0.4, 0.5) is 0 Å². The molecule has 0 amide bonds. The smallest absolute Gasteiger partial charge is 0.462 e. The lowest BCUT2D eigenvalue weighted by Crippen LogP contribution is -2.30. The summed E-state index contributed by atoms with van der Waals surface area (Å²) in [5.74, 6) is 0.196. The van der Waals surface area contributed by atoms with Crippen LogP contribution < -0.4 is 0 Å². The van der Waals surface area contributed by atoms with Crippen LogP contribution in [0.5, 0.6) is 0 Å². The minimum Gasteiger partial charge on any atom is -0.462 e. The Morgan fingerprint density at radius 2 is 0.514 bits per heavy atom. The maximum atomic E-state index is 13.1. The number of carbonyl (C=O) groups is 4. The van der Waals surface area contributed by atoms with Gasteiger partial charge in [-0.05, 0) is 69.1 Å². The van der Waals surface area contributed by atoms with E-state index in [0.29, 0.717) is 31.6 Å². The first-order valence-corrected chi connectivity index (χ1v) is 46.7. The van der Waals surface area contributed by atoms with E-state index in [2.05, 4.69) is 72.8 Å². The van der Waals surface area contributed by atoms with Crippen molar-refractivity contribution in [2.75, 3.05) is 39.6 Å². The van der Waals surface area contributed by atoms with Gasteiger partial charge in [0.05, 0.1) is 26.4 Å². The van der Waals surface area contributed by atoms with E-state index in [1.807, 2.05) is 0 Å². The number of hydrogen-bond donors (Lipinski definition) is 3. The Balaban J connectivity index is 5.23. The molecule has 0 saturated carbocycles. The van der Waals surface area contributed by atoms with Crippen LogP contribution in [0.3, 0.4) is 0 Å². The highest BCUT2D eigenvalue weighted by Gasteiger charge is 2.30. The molecule has 0 spiro atoms. The maximum Gasteiger partial charge on any atom is 0.472 e. The molecule has 0 heterocycles. The lowest BCUT2D eigenvalue weighted by molar-refractivity contribution is -0.161. The molecular weight excluding hydrogens is 1370 g/mol. The number of hydrogen-bond acceptors (Lipinski definition) is 15. The molecule has 19 heteroatoms. The van der Waals surface area contributed by atoms with E-state index >= 15 is 0 Å². The highest BCUT2D eigenvalue weighted by Crippen LogP contribution is 2.45. The van der Waals surface area contributed by atoms with Crippen LogP contribution >= 0.6 is 15.6 Å². The van der Waals surface area contributed by atoms with Crippen molar-refractivity contribution in [1.29, 1.82) is 0 Å². The summed E-state index contributed by atoms with van der Waals surface area (Å²) in [7, 11) is -9.94. The zero-order valence-corrected chi connectivity index (χ0v) is 70.5. The Kier molecular flexibility index (Phi) is 73.8. The van der Waals surface area contributed by atoms with Crippen molar-refractivity contribution in [3.05, 3.63) is 24.3 Å². The first kappa shape index (κ1) is 103. The fourth-order valence-electron chi connectivity index (χ4n) is 12.8. The van der Waals surface area contributed by atoms with Crippen LogP contribution in [-0.2, 0) is 65.4 Å². The number of esters is 4. The molecule has 0 aliphatic heterocycles. The normalized spacial score (nSPS) is 14.0. The van der Waals surface area contributed by atoms with Crippen LogP contribution in [0.1, 0.15) is 427 Å². The Labute approximate surface area is 643 Å². The van der Waals surface area contributed by atoms with E-state index in [4.69, 9.17) is 37.0 Å². The van der Waals surface area contributed by atoms with Crippen molar-refractivity contribution in [2.24, 2.45) is 17.8 Å². The lowest BCUT2D eigenvalue weighted by atomic mass is 10.0. The summed E-state index contributed by atoms with van der Waals surface area (Å²) in [6, 6.07) is 0. The Morgan fingerprint density at radius 3 is 0.771 bits per heavy atom. The maximum absolute atomic E-state index is 13.1. The van der Waals surface area contributed by atoms with Crippen LogP contribution in [0.15, 0.2) is 24.3 Å². The SMILES string of the molecule is CCCCCC/C=C\C=C/CCCCCCCC(=O)O[C@H](COC(=O)CCCCCCCCCCCCCCCCCCCCC(C)C)COP(=O)(O)OCC(O)COP(=O)(O)OC[C@@H](COC(=O)CCCCCCCCCC(C)C)OC(=O)CCCCCCCCCCCCCCCCCCC(C)C. The number of ether oxygens (including phenoxy) is 4. The van der Waals surface area contributed by atoms with Gasteiger partial charge < -0.3 is 33.8 Å². The first-order valence-electron chi connectivity index (χ1n) is 43.7. The van der Waals surface area contributed by atoms with Crippen LogP contribution in [0.2, 0.25) is 0 Å². The largest absolute Gasteiger partial charge is 0.472 e. The van der Waals surface area contributed by atoms with Crippen LogP contribution in [0, 0.1) is 17.8 Å². The molecule has 0 aliphatic rings. The third kappa shape index (κ3) is 79.4. The Hall–Kier alpha value is -2.46. The zero-order chi connectivity index (χ0) is 77.2. The molecule has 105 heavy (non-hydrogen) atoms. The van der Waals surface area contributed by atoms with E-state index in [1.54, 1.807) is 0 Å². The van der Waals surface area contributed by atoms with Gasteiger partial charge in [-0.3, -0.25) is 37.3 Å². The number of aliphatic hydroxyl groups is 1. The molecule has 5 atom stereocenters. The van der Waals surface area contributed by atoms with E-state index in [-0.39, 0.29) is 25.7 Å². The highest BCUT2D eigenvalue weighted by molar-refractivity contribution is 7.47. The molecule has 0 aromatic carbocycles. The van der Waals surface area contributed by atoms with E-state index in [1.165, 1.54) is 218 Å². The van der Waals surface area contributed by atoms with Crippen molar-refractivity contribution >= 4 is 39.5 Å². The quantitative estimate of drug-likeness (QED) is 0.0169. The fourth-order valence-corrected chi connectivity index (χ4v) is 14.4. The topological polar surface area (TPSA) is 237 Å². The molecule has 0 rings (SSSR count). The summed E-state index contributed by atoms with van der Waals surface area (Å²) in [4.78, 5) is 73.1. The second-order valence-corrected chi connectivity index (χ2v) is 34.6. The van der Waals surface area contributed by atoms with Gasteiger partial charge in [-0.25, -0.2) is 9.13 Å². The van der Waals surface area contributed by atoms with Crippen LogP contribution in [-0.4, -0.2) is 96.7 Å². The van der Waals surface area contributed by atoms with Gasteiger partial charge in [-0.2, -0.15) is 0 Å². The highest BCUT2D eigenvalue weighted by atomic mass is 31.2. The van der Waals surface area contributed by atoms with Gasteiger partial charge >= 0.3 is 39.5 Å². The number of rotatable bonds is 82. The molecule has 17 nitrogen and oxygen atoms in total. The van der Waals surface area contributed by atoms with Crippen molar-refractivity contribution in [1.82, 2.24) is 0 Å². The Morgan fingerprint density at radius 1 is 0.295 bits per heavy atom. The molecule has 3 N–H and O–H groups in total. The van der Waals surface area contributed by atoms with E-state index < -0.39 is 97.5 Å². The fraction of sp³-hybridized carbons (Fsp3) is 0.907. The summed E-state index contributed by atoms with van der Waals surface area (Å²) in [6.45, 7) is 11.9. The first-order chi connectivity index (χ1) is 50.7. The third-order valence-corrected chi connectivity index (χ3v) is 21.4. The Bertz CT molecular complexity index is 2120. The summed E-state index contributed by atoms with van der Waals surface area (Å²) in [5.41, 5.74) is 0. The van der Waals surface area contributed by atoms with Crippen molar-refractivity contribution < 1.29 is 80.2 Å². The molecular formula is C86H164O17P2. The summed E-state index contributed by atoms with van der Waals surface area (Å²) in [6.07, 6.45) is 69.0. The van der Waals surface area contributed by atoms with Gasteiger partial charge in [0.2, 0.25) is 0 Å². The van der Waals surface area contributed by atoms with E-state index in [9.17, 15) is 43.2 Å². The van der Waals surface area contributed by atoms with Crippen LogP contribution in [0.25, 0.3) is 0 Å². The van der Waals surface area contributed by atoms with Crippen molar-refractivity contribution in [3.8, 4) is 0 Å². The number of allylic oxidation sites excluding steroid dienone is 4. The molecule has 0 aromatic heterocycles. The molecule has 0 aromatic rings. The van der Waals surface area contributed by atoms with Gasteiger partial charge in [-0.15, -0.1) is 0 Å². The molecule has 0 aliphatic carbocycles. The monoisotopic (exact) mass is 1530 g/mol. The minimum atomic E-state index is -4.97. The second-order valence-electron chi connectivity index (χ2n) is 31.7. The molecule has 0 radical (unpaired) electrons. The average molecular weight is 1530 g/mol. The standard InChI is InChI=1S/C86H164O17P2/c1-8-9-10-11-12-13-14-15-22-30-35-40-47-55-62-69-85(90)102-81(73-96-83(88)67-60-53-46-39-34-29-25-19-17-16-18-23-27-32-37-43-50-57-64-77(2)3)75-100-104(92,93)98-71-80(87)72-99-105(94,95)101-76-82(74-97-84(89)68-61-54-49-42-45-52-59-66-79(6)7)103-86(91)70-63-56-48-41-36-31-26-21-20-24-28-33-38-44-51-58-65-78(4)5/h13-15,22,77-82,87H,8-12,16-21,23-76H2,1-7H3,(H,92,93)(H,94,95)/b14-13-,22-15-/t80?,81-,82-/m1/s1. The predicted octanol–water partition coefficient (Wildman–Crippen LogP) is 25.6. The number of carbonyl (C=O) groups excluding carboxylic acids is 4. The molecule has 3 unspecified atom stereocenters. The van der Waals surface area contributed by atoms with Gasteiger partial charge in [0.25, 0.3) is 0 Å². The van der Waals surface area contributed by atoms with Gasteiger partial charge in [0, 0.05) is 25.7 Å². The minimum absolute atomic E-state index is 0.0854. The van der Waals surface area contributed by atoms with E-state index in [0.717, 1.165) is 121 Å². The number of unbranched alkanes of at least 4 members (excludes halogenated alkanes) is 47. The third-order valence-electron chi connectivity index (χ3n) is 19.5. The number of aliphatic hydroxyl groups excluding tert-OH is 1.